The third-order valence-electron chi connectivity index (χ3n) is 5.01. The van der Waals surface area contributed by atoms with Gasteiger partial charge >= 0.3 is 0 Å². The fourth-order valence-corrected chi connectivity index (χ4v) is 4.59. The van der Waals surface area contributed by atoms with Crippen molar-refractivity contribution in [2.45, 2.75) is 57.4 Å². The summed E-state index contributed by atoms with van der Waals surface area (Å²) in [6.07, 6.45) is 10.5. The Balaban J connectivity index is 1.54. The largest absolute Gasteiger partial charge is 0.321 e. The first-order valence-electron chi connectivity index (χ1n) is 8.08. The van der Waals surface area contributed by atoms with Gasteiger partial charge in [0, 0.05) is 23.0 Å². The number of nitrogens with one attached hydrogen (secondary N) is 2. The Labute approximate surface area is 135 Å². The number of aromatic nitrogens is 1. The zero-order valence-electron chi connectivity index (χ0n) is 12.8. The van der Waals surface area contributed by atoms with E-state index in [0.29, 0.717) is 11.8 Å². The van der Waals surface area contributed by atoms with Crippen molar-refractivity contribution in [3.8, 4) is 6.19 Å². The Morgan fingerprint density at radius 3 is 2.91 bits per heavy atom. The molecule has 1 aromatic rings. The van der Waals surface area contributed by atoms with Crippen molar-refractivity contribution < 1.29 is 4.79 Å². The molecular formula is C16H22N4OS. The molecule has 0 bridgehead atoms. The van der Waals surface area contributed by atoms with Crippen molar-refractivity contribution in [1.29, 1.82) is 5.26 Å². The van der Waals surface area contributed by atoms with E-state index >= 15 is 0 Å². The number of amides is 1. The number of thiazole rings is 1. The summed E-state index contributed by atoms with van der Waals surface area (Å²) >= 11 is 1.62. The predicted octanol–water partition coefficient (Wildman–Crippen LogP) is 3.22. The van der Waals surface area contributed by atoms with Crippen molar-refractivity contribution in [1.82, 2.24) is 10.3 Å². The van der Waals surface area contributed by atoms with Gasteiger partial charge in [-0.3, -0.25) is 4.79 Å². The molecule has 2 fully saturated rings. The van der Waals surface area contributed by atoms with Gasteiger partial charge < -0.3 is 10.6 Å². The fraction of sp³-hybridized carbons (Fsp3) is 0.688. The van der Waals surface area contributed by atoms with Crippen LogP contribution in [0.15, 0.2) is 6.20 Å². The van der Waals surface area contributed by atoms with Gasteiger partial charge in [-0.05, 0) is 31.1 Å². The number of nitriles is 1. The zero-order chi connectivity index (χ0) is 15.5. The predicted molar refractivity (Wildman–Crippen MR) is 86.4 cm³/mol. The molecule has 2 aliphatic rings. The summed E-state index contributed by atoms with van der Waals surface area (Å²) < 4.78 is 0. The normalized spacial score (nSPS) is 30.9. The van der Waals surface area contributed by atoms with E-state index in [1.54, 1.807) is 11.3 Å². The van der Waals surface area contributed by atoms with Crippen molar-refractivity contribution >= 4 is 22.4 Å². The lowest BCUT2D eigenvalue weighted by Gasteiger charge is -2.32. The van der Waals surface area contributed by atoms with Gasteiger partial charge in [-0.2, -0.15) is 5.26 Å². The monoisotopic (exact) mass is 318 g/mol. The van der Waals surface area contributed by atoms with E-state index in [1.165, 1.54) is 30.6 Å². The van der Waals surface area contributed by atoms with Gasteiger partial charge in [0.1, 0.15) is 0 Å². The van der Waals surface area contributed by atoms with Gasteiger partial charge in [0.25, 0.3) is 0 Å². The molecule has 1 aromatic heterocycles. The van der Waals surface area contributed by atoms with E-state index in [2.05, 4.69) is 22.5 Å². The van der Waals surface area contributed by atoms with Crippen LogP contribution in [0.1, 0.15) is 56.2 Å². The number of rotatable bonds is 4. The highest BCUT2D eigenvalue weighted by Gasteiger charge is 2.35. The molecule has 2 N–H and O–H groups in total. The quantitative estimate of drug-likeness (QED) is 0.660. The van der Waals surface area contributed by atoms with Crippen LogP contribution in [0.4, 0.5) is 5.13 Å². The summed E-state index contributed by atoms with van der Waals surface area (Å²) in [7, 11) is 0. The molecule has 3 rings (SSSR count). The molecule has 2 saturated carbocycles. The number of carbonyl (C=O) groups excluding carboxylic acids is 1. The van der Waals surface area contributed by atoms with Crippen LogP contribution >= 0.6 is 11.3 Å². The second-order valence-corrected chi connectivity index (χ2v) is 7.61. The molecule has 2 atom stereocenters. The van der Waals surface area contributed by atoms with Crippen LogP contribution in [0.25, 0.3) is 0 Å². The average molecular weight is 318 g/mol. The zero-order valence-corrected chi connectivity index (χ0v) is 13.7. The summed E-state index contributed by atoms with van der Waals surface area (Å²) in [6, 6.07) is 0.163. The average Bonchev–Trinajstić information content (AvgIpc) is 2.91. The molecule has 1 amide bonds. The molecule has 0 aliphatic heterocycles. The molecule has 118 valence electrons. The van der Waals surface area contributed by atoms with Crippen LogP contribution in [0.3, 0.4) is 0 Å². The number of hydrogen-bond donors (Lipinski definition) is 2. The first-order valence-corrected chi connectivity index (χ1v) is 8.90. The van der Waals surface area contributed by atoms with Crippen molar-refractivity contribution in [2.24, 2.45) is 11.8 Å². The molecule has 0 spiro atoms. The van der Waals surface area contributed by atoms with E-state index in [1.807, 2.05) is 12.4 Å². The first kappa shape index (κ1) is 15.3. The Hall–Kier alpha value is -1.61. The first-order chi connectivity index (χ1) is 10.7. The maximum atomic E-state index is 12.1. The molecule has 22 heavy (non-hydrogen) atoms. The van der Waals surface area contributed by atoms with E-state index in [-0.39, 0.29) is 17.9 Å². The van der Waals surface area contributed by atoms with Gasteiger partial charge in [0.2, 0.25) is 5.91 Å². The molecule has 5 nitrogen and oxygen atoms in total. The second-order valence-electron chi connectivity index (χ2n) is 6.55. The SMILES string of the molecule is C[C@@H]1CCCC[C@H]1c1cnc(NC(=O)[C@H]2C[C@H](NC#N)C2)s1. The van der Waals surface area contributed by atoms with Crippen LogP contribution in [-0.2, 0) is 4.79 Å². The number of carbonyl (C=O) groups is 1. The van der Waals surface area contributed by atoms with E-state index in [9.17, 15) is 4.79 Å². The number of anilines is 1. The molecule has 6 heteroatoms. The minimum absolute atomic E-state index is 0.00630. The Morgan fingerprint density at radius 2 is 2.18 bits per heavy atom. The lowest BCUT2D eigenvalue weighted by molar-refractivity contribution is -0.122. The maximum absolute atomic E-state index is 12.1. The van der Waals surface area contributed by atoms with Gasteiger partial charge in [-0.25, -0.2) is 4.98 Å². The summed E-state index contributed by atoms with van der Waals surface area (Å²) in [5.41, 5.74) is 0. The van der Waals surface area contributed by atoms with Crippen molar-refractivity contribution in [2.75, 3.05) is 5.32 Å². The summed E-state index contributed by atoms with van der Waals surface area (Å²) in [5.74, 6) is 1.35. The third kappa shape index (κ3) is 3.25. The van der Waals surface area contributed by atoms with E-state index < -0.39 is 0 Å². The van der Waals surface area contributed by atoms with Gasteiger partial charge in [0.05, 0.1) is 0 Å². The van der Waals surface area contributed by atoms with E-state index in [4.69, 9.17) is 5.26 Å². The third-order valence-corrected chi connectivity index (χ3v) is 6.05. The number of hydrogen-bond acceptors (Lipinski definition) is 5. The fourth-order valence-electron chi connectivity index (χ4n) is 3.50. The summed E-state index contributed by atoms with van der Waals surface area (Å²) in [6.45, 7) is 2.32. The Morgan fingerprint density at radius 1 is 1.41 bits per heavy atom. The highest BCUT2D eigenvalue weighted by atomic mass is 32.1. The second kappa shape index (κ2) is 6.66. The van der Waals surface area contributed by atoms with Crippen molar-refractivity contribution in [3.63, 3.8) is 0 Å². The minimum atomic E-state index is 0.00630. The standard InChI is InChI=1S/C16H22N4OS/c1-10-4-2-3-5-13(10)14-8-18-16(22-14)20-15(21)11-6-12(7-11)19-9-17/h8,10-13,19H,2-7H2,1H3,(H,18,20,21)/t10-,11-,12-,13-/m1/s1. The maximum Gasteiger partial charge on any atom is 0.229 e. The van der Waals surface area contributed by atoms with Crippen LogP contribution in [-0.4, -0.2) is 16.9 Å². The van der Waals surface area contributed by atoms with Crippen LogP contribution < -0.4 is 10.6 Å². The highest BCUT2D eigenvalue weighted by Crippen LogP contribution is 2.40. The molecule has 2 aliphatic carbocycles. The van der Waals surface area contributed by atoms with E-state index in [0.717, 1.165) is 18.0 Å². The Bertz CT molecular complexity index is 573. The van der Waals surface area contributed by atoms with Gasteiger partial charge in [0.15, 0.2) is 11.3 Å². The number of nitrogens with zero attached hydrogens (tertiary/aromatic N) is 2. The lowest BCUT2D eigenvalue weighted by atomic mass is 9.80. The topological polar surface area (TPSA) is 77.8 Å². The molecule has 0 unspecified atom stereocenters. The molecule has 0 radical (unpaired) electrons. The lowest BCUT2D eigenvalue weighted by Crippen LogP contribution is -2.44. The van der Waals surface area contributed by atoms with Gasteiger partial charge in [-0.15, -0.1) is 11.3 Å². The van der Waals surface area contributed by atoms with Crippen molar-refractivity contribution in [3.05, 3.63) is 11.1 Å². The molecular weight excluding hydrogens is 296 g/mol. The van der Waals surface area contributed by atoms with Crippen LogP contribution in [0.5, 0.6) is 0 Å². The van der Waals surface area contributed by atoms with Gasteiger partial charge in [-0.1, -0.05) is 26.2 Å². The van der Waals surface area contributed by atoms with Crippen LogP contribution in [0, 0.1) is 23.3 Å². The molecule has 1 heterocycles. The molecule has 0 saturated heterocycles. The summed E-state index contributed by atoms with van der Waals surface area (Å²) in [5, 5.41) is 14.9. The highest BCUT2D eigenvalue weighted by molar-refractivity contribution is 7.15. The molecule has 0 aromatic carbocycles. The summed E-state index contributed by atoms with van der Waals surface area (Å²) in [4.78, 5) is 17.8. The minimum Gasteiger partial charge on any atom is -0.321 e. The van der Waals surface area contributed by atoms with Crippen LogP contribution in [0.2, 0.25) is 0 Å². The Kier molecular flexibility index (Phi) is 4.63. The smallest absolute Gasteiger partial charge is 0.229 e.